The summed E-state index contributed by atoms with van der Waals surface area (Å²) in [6.07, 6.45) is 0.776. The lowest BCUT2D eigenvalue weighted by molar-refractivity contribution is -0.116. The molecule has 0 aliphatic carbocycles. The first kappa shape index (κ1) is 19.4. The molecule has 0 N–H and O–H groups in total. The van der Waals surface area contributed by atoms with Crippen molar-refractivity contribution in [2.24, 2.45) is 0 Å². The maximum atomic E-state index is 12.5. The van der Waals surface area contributed by atoms with Gasteiger partial charge < -0.3 is 14.4 Å². The standard InChI is InChI=1S/C23H24N2O3/c1-4-19-14-15-21(23(24-19)28-20-11-6-5-7-12-20)25(17(2)26)16-18-10-8-9-13-22(18)27-3/h5-15H,4,16H2,1-3H3. The summed E-state index contributed by atoms with van der Waals surface area (Å²) >= 11 is 0. The average Bonchev–Trinajstić information content (AvgIpc) is 2.73. The van der Waals surface area contributed by atoms with Crippen molar-refractivity contribution < 1.29 is 14.3 Å². The van der Waals surface area contributed by atoms with Crippen molar-refractivity contribution in [2.75, 3.05) is 12.0 Å². The van der Waals surface area contributed by atoms with Gasteiger partial charge in [0.2, 0.25) is 11.8 Å². The second-order valence-electron chi connectivity index (χ2n) is 6.31. The Morgan fingerprint density at radius 2 is 1.71 bits per heavy atom. The summed E-state index contributed by atoms with van der Waals surface area (Å²) in [5.74, 6) is 1.72. The molecule has 0 aliphatic rings. The monoisotopic (exact) mass is 376 g/mol. The molecule has 5 nitrogen and oxygen atoms in total. The predicted molar refractivity (Wildman–Crippen MR) is 110 cm³/mol. The number of ether oxygens (including phenoxy) is 2. The van der Waals surface area contributed by atoms with Crippen molar-refractivity contribution in [1.29, 1.82) is 0 Å². The van der Waals surface area contributed by atoms with Gasteiger partial charge in [-0.3, -0.25) is 4.79 Å². The van der Waals surface area contributed by atoms with Crippen LogP contribution in [0.25, 0.3) is 0 Å². The highest BCUT2D eigenvalue weighted by molar-refractivity contribution is 5.92. The quantitative estimate of drug-likeness (QED) is 0.582. The minimum atomic E-state index is -0.102. The Bertz CT molecular complexity index is 942. The molecule has 3 aromatic rings. The van der Waals surface area contributed by atoms with Crippen LogP contribution in [-0.2, 0) is 17.8 Å². The van der Waals surface area contributed by atoms with Gasteiger partial charge in [0, 0.05) is 18.2 Å². The SMILES string of the molecule is CCc1ccc(N(Cc2ccccc2OC)C(C)=O)c(Oc2ccccc2)n1. The molecule has 0 atom stereocenters. The van der Waals surface area contributed by atoms with E-state index in [9.17, 15) is 4.79 Å². The van der Waals surface area contributed by atoms with Gasteiger partial charge in [0.05, 0.1) is 13.7 Å². The Morgan fingerprint density at radius 3 is 2.39 bits per heavy atom. The first-order chi connectivity index (χ1) is 13.6. The van der Waals surface area contributed by atoms with E-state index in [1.165, 1.54) is 6.92 Å². The van der Waals surface area contributed by atoms with Gasteiger partial charge in [-0.05, 0) is 36.8 Å². The summed E-state index contributed by atoms with van der Waals surface area (Å²) in [7, 11) is 1.62. The molecule has 0 saturated carbocycles. The molecule has 0 spiro atoms. The molecule has 0 radical (unpaired) electrons. The number of carbonyl (C=O) groups is 1. The zero-order valence-corrected chi connectivity index (χ0v) is 16.4. The zero-order chi connectivity index (χ0) is 19.9. The molecule has 0 fully saturated rings. The Morgan fingerprint density at radius 1 is 1.00 bits per heavy atom. The lowest BCUT2D eigenvalue weighted by Crippen LogP contribution is -2.28. The summed E-state index contributed by atoms with van der Waals surface area (Å²) < 4.78 is 11.5. The lowest BCUT2D eigenvalue weighted by Gasteiger charge is -2.24. The number of anilines is 1. The van der Waals surface area contributed by atoms with E-state index in [1.54, 1.807) is 12.0 Å². The molecular formula is C23H24N2O3. The fraction of sp³-hybridized carbons (Fsp3) is 0.217. The number of carbonyl (C=O) groups excluding carboxylic acids is 1. The second kappa shape index (κ2) is 9.04. The van der Waals surface area contributed by atoms with E-state index in [4.69, 9.17) is 9.47 Å². The number of hydrogen-bond donors (Lipinski definition) is 0. The first-order valence-corrected chi connectivity index (χ1v) is 9.25. The number of pyridine rings is 1. The number of aromatic nitrogens is 1. The number of benzene rings is 2. The Kier molecular flexibility index (Phi) is 6.27. The minimum absolute atomic E-state index is 0.102. The lowest BCUT2D eigenvalue weighted by atomic mass is 10.1. The van der Waals surface area contributed by atoms with Crippen LogP contribution >= 0.6 is 0 Å². The Balaban J connectivity index is 2.01. The molecule has 3 rings (SSSR count). The molecule has 0 aliphatic heterocycles. The van der Waals surface area contributed by atoms with Crippen LogP contribution in [0.15, 0.2) is 66.7 Å². The molecule has 5 heteroatoms. The maximum Gasteiger partial charge on any atom is 0.243 e. The van der Waals surface area contributed by atoms with Gasteiger partial charge in [-0.25, -0.2) is 4.98 Å². The van der Waals surface area contributed by atoms with E-state index in [0.29, 0.717) is 23.9 Å². The molecule has 1 amide bonds. The molecule has 28 heavy (non-hydrogen) atoms. The van der Waals surface area contributed by atoms with Gasteiger partial charge in [-0.15, -0.1) is 0 Å². The first-order valence-electron chi connectivity index (χ1n) is 9.25. The van der Waals surface area contributed by atoms with Crippen molar-refractivity contribution in [3.8, 4) is 17.4 Å². The van der Waals surface area contributed by atoms with Crippen molar-refractivity contribution in [1.82, 2.24) is 4.98 Å². The summed E-state index contributed by atoms with van der Waals surface area (Å²) in [6, 6.07) is 20.9. The number of nitrogens with zero attached hydrogens (tertiary/aromatic N) is 2. The molecule has 0 bridgehead atoms. The predicted octanol–water partition coefficient (Wildman–Crippen LogP) is 5.00. The van der Waals surface area contributed by atoms with Crippen molar-refractivity contribution in [3.63, 3.8) is 0 Å². The van der Waals surface area contributed by atoms with E-state index >= 15 is 0 Å². The number of rotatable bonds is 7. The molecule has 2 aromatic carbocycles. The van der Waals surface area contributed by atoms with Gasteiger partial charge in [0.1, 0.15) is 17.2 Å². The van der Waals surface area contributed by atoms with E-state index < -0.39 is 0 Å². The second-order valence-corrected chi connectivity index (χ2v) is 6.31. The third kappa shape index (κ3) is 4.49. The molecule has 144 valence electrons. The van der Waals surface area contributed by atoms with Crippen molar-refractivity contribution >= 4 is 11.6 Å². The summed E-state index contributed by atoms with van der Waals surface area (Å²) in [5, 5.41) is 0. The van der Waals surface area contributed by atoms with Gasteiger partial charge in [-0.1, -0.05) is 43.3 Å². The number of hydrogen-bond acceptors (Lipinski definition) is 4. The molecule has 1 heterocycles. The van der Waals surface area contributed by atoms with Crippen LogP contribution in [0.1, 0.15) is 25.1 Å². The van der Waals surface area contributed by atoms with Crippen LogP contribution in [0.2, 0.25) is 0 Å². The Hall–Kier alpha value is -3.34. The average molecular weight is 376 g/mol. The highest BCUT2D eigenvalue weighted by atomic mass is 16.5. The number of para-hydroxylation sites is 2. The van der Waals surface area contributed by atoms with Gasteiger partial charge in [-0.2, -0.15) is 0 Å². The van der Waals surface area contributed by atoms with Crippen molar-refractivity contribution in [2.45, 2.75) is 26.8 Å². The van der Waals surface area contributed by atoms with Crippen LogP contribution in [0.3, 0.4) is 0 Å². The molecule has 0 saturated heterocycles. The van der Waals surface area contributed by atoms with E-state index in [1.807, 2.05) is 73.7 Å². The van der Waals surface area contributed by atoms with Crippen LogP contribution in [0.4, 0.5) is 5.69 Å². The normalized spacial score (nSPS) is 10.4. The summed E-state index contributed by atoms with van der Waals surface area (Å²) in [6.45, 7) is 3.93. The molecular weight excluding hydrogens is 352 g/mol. The maximum absolute atomic E-state index is 12.5. The molecule has 0 unspecified atom stereocenters. The zero-order valence-electron chi connectivity index (χ0n) is 16.4. The van der Waals surface area contributed by atoms with Gasteiger partial charge >= 0.3 is 0 Å². The number of aryl methyl sites for hydroxylation is 1. The van der Waals surface area contributed by atoms with Crippen LogP contribution in [0, 0.1) is 0 Å². The van der Waals surface area contributed by atoms with Gasteiger partial charge in [0.25, 0.3) is 0 Å². The fourth-order valence-electron chi connectivity index (χ4n) is 2.92. The highest BCUT2D eigenvalue weighted by Crippen LogP contribution is 2.33. The van der Waals surface area contributed by atoms with E-state index in [2.05, 4.69) is 4.98 Å². The largest absolute Gasteiger partial charge is 0.496 e. The van der Waals surface area contributed by atoms with Crippen LogP contribution < -0.4 is 14.4 Å². The smallest absolute Gasteiger partial charge is 0.243 e. The fourth-order valence-corrected chi connectivity index (χ4v) is 2.92. The third-order valence-electron chi connectivity index (χ3n) is 4.41. The highest BCUT2D eigenvalue weighted by Gasteiger charge is 2.20. The number of amides is 1. The van der Waals surface area contributed by atoms with Gasteiger partial charge in [0.15, 0.2) is 0 Å². The third-order valence-corrected chi connectivity index (χ3v) is 4.41. The Labute approximate surface area is 165 Å². The topological polar surface area (TPSA) is 51.7 Å². The van der Waals surface area contributed by atoms with Crippen LogP contribution in [0.5, 0.6) is 17.4 Å². The van der Waals surface area contributed by atoms with E-state index in [0.717, 1.165) is 23.4 Å². The minimum Gasteiger partial charge on any atom is -0.496 e. The van der Waals surface area contributed by atoms with E-state index in [-0.39, 0.29) is 5.91 Å². The number of methoxy groups -OCH3 is 1. The summed E-state index contributed by atoms with van der Waals surface area (Å²) in [4.78, 5) is 18.8. The van der Waals surface area contributed by atoms with Crippen LogP contribution in [-0.4, -0.2) is 18.0 Å². The summed E-state index contributed by atoms with van der Waals surface area (Å²) in [5.41, 5.74) is 2.43. The molecule has 1 aromatic heterocycles. The van der Waals surface area contributed by atoms with Crippen molar-refractivity contribution in [3.05, 3.63) is 78.0 Å².